The van der Waals surface area contributed by atoms with Gasteiger partial charge in [-0.2, -0.15) is 0 Å². The Morgan fingerprint density at radius 2 is 1.67 bits per heavy atom. The van der Waals surface area contributed by atoms with E-state index >= 15 is 0 Å². The summed E-state index contributed by atoms with van der Waals surface area (Å²) >= 11 is 5.96. The van der Waals surface area contributed by atoms with Gasteiger partial charge >= 0.3 is 0 Å². The second kappa shape index (κ2) is 10.0. The van der Waals surface area contributed by atoms with E-state index in [0.717, 1.165) is 31.7 Å². The van der Waals surface area contributed by atoms with Crippen LogP contribution in [0.5, 0.6) is 0 Å². The third-order valence-electron chi connectivity index (χ3n) is 4.93. The van der Waals surface area contributed by atoms with Crippen LogP contribution in [0.15, 0.2) is 24.3 Å². The Bertz CT molecular complexity index is 644. The number of hydrogen-bond donors (Lipinski definition) is 1. The first-order valence-corrected chi connectivity index (χ1v) is 9.79. The molecule has 0 spiro atoms. The van der Waals surface area contributed by atoms with Gasteiger partial charge in [-0.15, -0.1) is 0 Å². The molecule has 1 aromatic rings. The Morgan fingerprint density at radius 3 is 2.33 bits per heavy atom. The Labute approximate surface area is 165 Å². The lowest BCUT2D eigenvalue weighted by atomic mass is 10.2. The van der Waals surface area contributed by atoms with Crippen LogP contribution in [-0.4, -0.2) is 92.1 Å². The molecule has 2 heterocycles. The monoisotopic (exact) mass is 394 g/mol. The molecule has 0 atom stereocenters. The fraction of sp³-hybridized carbons (Fsp3) is 0.579. The summed E-state index contributed by atoms with van der Waals surface area (Å²) in [6.45, 7) is 7.14. The number of rotatable bonds is 6. The number of ether oxygens (including phenoxy) is 1. The second-order valence-corrected chi connectivity index (χ2v) is 7.39. The summed E-state index contributed by atoms with van der Waals surface area (Å²) in [6, 6.07) is 7.49. The van der Waals surface area contributed by atoms with Gasteiger partial charge in [0.05, 0.1) is 26.3 Å². The number of hydrogen-bond acceptors (Lipinski definition) is 5. The van der Waals surface area contributed by atoms with Crippen molar-refractivity contribution in [3.63, 3.8) is 0 Å². The van der Waals surface area contributed by atoms with Gasteiger partial charge in [-0.3, -0.25) is 19.4 Å². The van der Waals surface area contributed by atoms with Gasteiger partial charge in [-0.1, -0.05) is 23.7 Å². The molecule has 2 aliphatic heterocycles. The lowest BCUT2D eigenvalue weighted by Crippen LogP contribution is -2.52. The number of halogens is 1. The summed E-state index contributed by atoms with van der Waals surface area (Å²) < 4.78 is 5.29. The van der Waals surface area contributed by atoms with Crippen LogP contribution in [0.2, 0.25) is 5.02 Å². The minimum Gasteiger partial charge on any atom is -0.378 e. The Morgan fingerprint density at radius 1 is 1.00 bits per heavy atom. The topological polar surface area (TPSA) is 65.1 Å². The van der Waals surface area contributed by atoms with Gasteiger partial charge < -0.3 is 15.0 Å². The highest BCUT2D eigenvalue weighted by Crippen LogP contribution is 2.10. The maximum Gasteiger partial charge on any atom is 0.236 e. The summed E-state index contributed by atoms with van der Waals surface area (Å²) in [5.74, 6) is 0.179. The molecule has 1 N–H and O–H groups in total. The van der Waals surface area contributed by atoms with Crippen LogP contribution in [0.4, 0.5) is 0 Å². The fourth-order valence-electron chi connectivity index (χ4n) is 3.32. The number of carbonyl (C=O) groups excluding carboxylic acids is 2. The average molecular weight is 395 g/mol. The number of nitrogens with zero attached hydrogens (tertiary/aromatic N) is 3. The summed E-state index contributed by atoms with van der Waals surface area (Å²) in [4.78, 5) is 30.6. The minimum absolute atomic E-state index is 0.00724. The molecule has 148 valence electrons. The smallest absolute Gasteiger partial charge is 0.236 e. The average Bonchev–Trinajstić information content (AvgIpc) is 2.69. The zero-order valence-corrected chi connectivity index (χ0v) is 16.3. The first-order valence-electron chi connectivity index (χ1n) is 9.41. The van der Waals surface area contributed by atoms with Crippen LogP contribution in [0.3, 0.4) is 0 Å². The third kappa shape index (κ3) is 6.46. The molecule has 2 fully saturated rings. The lowest BCUT2D eigenvalue weighted by Gasteiger charge is -2.35. The maximum atomic E-state index is 12.3. The van der Waals surface area contributed by atoms with Crippen molar-refractivity contribution in [3.8, 4) is 0 Å². The van der Waals surface area contributed by atoms with E-state index in [-0.39, 0.29) is 11.8 Å². The van der Waals surface area contributed by atoms with E-state index < -0.39 is 0 Å². The van der Waals surface area contributed by atoms with Gasteiger partial charge in [-0.25, -0.2) is 0 Å². The van der Waals surface area contributed by atoms with Gasteiger partial charge in [0.15, 0.2) is 0 Å². The van der Waals surface area contributed by atoms with Crippen molar-refractivity contribution >= 4 is 23.4 Å². The van der Waals surface area contributed by atoms with E-state index in [1.807, 2.05) is 29.2 Å². The predicted molar refractivity (Wildman–Crippen MR) is 104 cm³/mol. The second-order valence-electron chi connectivity index (χ2n) is 6.95. The highest BCUT2D eigenvalue weighted by Gasteiger charge is 2.23. The van der Waals surface area contributed by atoms with Crippen molar-refractivity contribution in [2.75, 3.05) is 65.6 Å². The summed E-state index contributed by atoms with van der Waals surface area (Å²) in [5.41, 5.74) is 0.988. The van der Waals surface area contributed by atoms with Crippen LogP contribution in [0.1, 0.15) is 5.56 Å². The van der Waals surface area contributed by atoms with Crippen molar-refractivity contribution in [3.05, 3.63) is 34.9 Å². The van der Waals surface area contributed by atoms with Crippen LogP contribution < -0.4 is 5.32 Å². The molecule has 27 heavy (non-hydrogen) atoms. The van der Waals surface area contributed by atoms with Crippen molar-refractivity contribution in [1.82, 2.24) is 20.0 Å². The predicted octanol–water partition coefficient (Wildman–Crippen LogP) is 0.433. The zero-order valence-electron chi connectivity index (χ0n) is 15.5. The van der Waals surface area contributed by atoms with Crippen molar-refractivity contribution in [2.45, 2.75) is 6.54 Å². The van der Waals surface area contributed by atoms with Crippen LogP contribution in [0.25, 0.3) is 0 Å². The molecule has 2 aliphatic rings. The Balaban J connectivity index is 1.34. The highest BCUT2D eigenvalue weighted by molar-refractivity contribution is 6.30. The maximum absolute atomic E-state index is 12.3. The van der Waals surface area contributed by atoms with E-state index in [4.69, 9.17) is 16.3 Å². The first-order chi connectivity index (χ1) is 13.1. The number of benzene rings is 1. The number of nitrogens with one attached hydrogen (secondary N) is 1. The summed E-state index contributed by atoms with van der Waals surface area (Å²) in [6.07, 6.45) is 0. The summed E-state index contributed by atoms with van der Waals surface area (Å²) in [7, 11) is 0. The molecule has 0 saturated carbocycles. The standard InChI is InChI=1S/C19H27ClN4O3/c20-17-3-1-2-16(12-17)13-21-18(25)14-22-4-6-23(7-5-22)15-19(26)24-8-10-27-11-9-24/h1-3,12H,4-11,13-15H2,(H,21,25). The fourth-order valence-corrected chi connectivity index (χ4v) is 3.53. The van der Waals surface area contributed by atoms with Crippen molar-refractivity contribution in [1.29, 1.82) is 0 Å². The minimum atomic E-state index is 0.00724. The van der Waals surface area contributed by atoms with E-state index in [0.29, 0.717) is 51.0 Å². The van der Waals surface area contributed by atoms with Gasteiger partial charge in [0.1, 0.15) is 0 Å². The molecule has 2 amide bonds. The lowest BCUT2D eigenvalue weighted by molar-refractivity contribution is -0.137. The van der Waals surface area contributed by atoms with E-state index in [9.17, 15) is 9.59 Å². The number of morpholine rings is 1. The van der Waals surface area contributed by atoms with Gasteiger partial charge in [0.25, 0.3) is 0 Å². The summed E-state index contributed by atoms with van der Waals surface area (Å²) in [5, 5.41) is 3.61. The normalized spacial score (nSPS) is 19.1. The van der Waals surface area contributed by atoms with Gasteiger partial charge in [0.2, 0.25) is 11.8 Å². The molecule has 1 aromatic carbocycles. The van der Waals surface area contributed by atoms with E-state index in [1.54, 1.807) is 0 Å². The molecule has 0 bridgehead atoms. The van der Waals surface area contributed by atoms with Crippen molar-refractivity contribution in [2.24, 2.45) is 0 Å². The van der Waals surface area contributed by atoms with E-state index in [1.165, 1.54) is 0 Å². The number of piperazine rings is 1. The molecular formula is C19H27ClN4O3. The van der Waals surface area contributed by atoms with Crippen LogP contribution in [0, 0.1) is 0 Å². The quantitative estimate of drug-likeness (QED) is 0.758. The molecule has 8 heteroatoms. The molecule has 0 aromatic heterocycles. The Hall–Kier alpha value is -1.67. The van der Waals surface area contributed by atoms with Gasteiger partial charge in [-0.05, 0) is 17.7 Å². The first kappa shape index (κ1) is 20.1. The third-order valence-corrected chi connectivity index (χ3v) is 5.17. The SMILES string of the molecule is O=C(CN1CCN(CC(=O)N2CCOCC2)CC1)NCc1cccc(Cl)c1. The largest absolute Gasteiger partial charge is 0.378 e. The highest BCUT2D eigenvalue weighted by atomic mass is 35.5. The number of carbonyl (C=O) groups is 2. The van der Waals surface area contributed by atoms with Crippen LogP contribution >= 0.6 is 11.6 Å². The van der Waals surface area contributed by atoms with Crippen molar-refractivity contribution < 1.29 is 14.3 Å². The molecule has 0 unspecified atom stereocenters. The Kier molecular flexibility index (Phi) is 7.46. The molecule has 3 rings (SSSR count). The van der Waals surface area contributed by atoms with Gasteiger partial charge in [0, 0.05) is 50.8 Å². The number of amides is 2. The molecule has 2 saturated heterocycles. The van der Waals surface area contributed by atoms with Crippen LogP contribution in [-0.2, 0) is 20.9 Å². The van der Waals surface area contributed by atoms with E-state index in [2.05, 4.69) is 15.1 Å². The molecule has 0 radical (unpaired) electrons. The zero-order chi connectivity index (χ0) is 19.1. The molecule has 0 aliphatic carbocycles. The molecule has 7 nitrogen and oxygen atoms in total. The molecular weight excluding hydrogens is 368 g/mol.